The Hall–Kier alpha value is -1.52. The molecule has 0 aromatic heterocycles. The van der Waals surface area contributed by atoms with Crippen LogP contribution < -0.4 is 5.73 Å². The van der Waals surface area contributed by atoms with E-state index in [1.54, 1.807) is 31.2 Å². The molecule has 0 saturated carbocycles. The first-order valence-electron chi connectivity index (χ1n) is 4.33. The van der Waals surface area contributed by atoms with Gasteiger partial charge in [-0.2, -0.15) is 13.2 Å². The molecule has 0 bridgehead atoms. The fraction of sp³-hybridized carbons (Fsp3) is 0.300. The van der Waals surface area contributed by atoms with Crippen molar-refractivity contribution in [2.75, 3.05) is 6.54 Å². The van der Waals surface area contributed by atoms with Gasteiger partial charge in [0.1, 0.15) is 12.4 Å². The lowest BCUT2D eigenvalue weighted by molar-refractivity contribution is -0.118. The zero-order chi connectivity index (χ0) is 11.5. The Morgan fingerprint density at radius 3 is 2.47 bits per heavy atom. The quantitative estimate of drug-likeness (QED) is 0.597. The van der Waals surface area contributed by atoms with Crippen LogP contribution >= 0.6 is 0 Å². The zero-order valence-corrected chi connectivity index (χ0v) is 8.17. The smallest absolute Gasteiger partial charge is 0.383 e. The highest BCUT2D eigenvalue weighted by Crippen LogP contribution is 2.15. The molecule has 0 unspecified atom stereocenters. The number of hydrogen-bond acceptors (Lipinski definition) is 1. The monoisotopic (exact) mass is 216 g/mol. The molecule has 82 valence electrons. The van der Waals surface area contributed by atoms with Crippen LogP contribution in [0.4, 0.5) is 13.2 Å². The Balaban J connectivity index is 2.85. The average molecular weight is 216 g/mol. The molecule has 0 heterocycles. The Labute approximate surface area is 85.6 Å². The zero-order valence-electron chi connectivity index (χ0n) is 8.17. The number of aliphatic imine (C=N–C) groups is 1. The summed E-state index contributed by atoms with van der Waals surface area (Å²) >= 11 is 0. The molecule has 0 atom stereocenters. The van der Waals surface area contributed by atoms with Crippen molar-refractivity contribution in [3.05, 3.63) is 35.4 Å². The number of hydrogen-bond donors (Lipinski definition) is 1. The minimum Gasteiger partial charge on any atom is -0.383 e. The molecule has 1 aromatic rings. The standard InChI is InChI=1S/C10H11F3N2/c1-7-4-2-3-5-8(7)9(14)15-6-10(11,12)13/h2-5H,6H2,1H3,(H2,14,15). The summed E-state index contributed by atoms with van der Waals surface area (Å²) in [4.78, 5) is 3.30. The highest BCUT2D eigenvalue weighted by Gasteiger charge is 2.26. The molecule has 5 heteroatoms. The van der Waals surface area contributed by atoms with E-state index in [4.69, 9.17) is 5.73 Å². The number of nitrogens with two attached hydrogens (primary N) is 1. The van der Waals surface area contributed by atoms with Crippen LogP contribution in [0.3, 0.4) is 0 Å². The van der Waals surface area contributed by atoms with Crippen molar-refractivity contribution < 1.29 is 13.2 Å². The van der Waals surface area contributed by atoms with Gasteiger partial charge in [0.15, 0.2) is 0 Å². The predicted molar refractivity (Wildman–Crippen MR) is 52.8 cm³/mol. The van der Waals surface area contributed by atoms with Gasteiger partial charge in [-0.15, -0.1) is 0 Å². The third-order valence-corrected chi connectivity index (χ3v) is 1.85. The number of aryl methyl sites for hydroxylation is 1. The predicted octanol–water partition coefficient (Wildman–Crippen LogP) is 2.26. The van der Waals surface area contributed by atoms with Gasteiger partial charge in [-0.3, -0.25) is 4.99 Å². The third kappa shape index (κ3) is 3.61. The molecule has 0 aliphatic carbocycles. The molecule has 1 aromatic carbocycles. The molecule has 0 aliphatic heterocycles. The lowest BCUT2D eigenvalue weighted by atomic mass is 10.1. The molecular formula is C10H11F3N2. The van der Waals surface area contributed by atoms with Crippen molar-refractivity contribution >= 4 is 5.84 Å². The van der Waals surface area contributed by atoms with E-state index in [2.05, 4.69) is 4.99 Å². The maximum absolute atomic E-state index is 11.9. The number of nitrogens with zero attached hydrogens (tertiary/aromatic N) is 1. The second-order valence-corrected chi connectivity index (χ2v) is 3.13. The van der Waals surface area contributed by atoms with E-state index in [9.17, 15) is 13.2 Å². The number of halogens is 3. The Morgan fingerprint density at radius 2 is 1.93 bits per heavy atom. The van der Waals surface area contributed by atoms with E-state index in [0.717, 1.165) is 5.56 Å². The summed E-state index contributed by atoms with van der Waals surface area (Å²) in [6, 6.07) is 6.91. The fourth-order valence-electron chi connectivity index (χ4n) is 1.12. The van der Waals surface area contributed by atoms with Crippen molar-refractivity contribution in [2.24, 2.45) is 10.7 Å². The topological polar surface area (TPSA) is 38.4 Å². The van der Waals surface area contributed by atoms with Crippen LogP contribution in [0.5, 0.6) is 0 Å². The third-order valence-electron chi connectivity index (χ3n) is 1.85. The fourth-order valence-corrected chi connectivity index (χ4v) is 1.12. The normalized spacial score (nSPS) is 12.9. The van der Waals surface area contributed by atoms with Crippen LogP contribution in [0, 0.1) is 6.92 Å². The summed E-state index contributed by atoms with van der Waals surface area (Å²) in [6.45, 7) is 0.526. The van der Waals surface area contributed by atoms with Crippen LogP contribution in [-0.2, 0) is 0 Å². The summed E-state index contributed by atoms with van der Waals surface area (Å²) in [6.07, 6.45) is -4.31. The van der Waals surface area contributed by atoms with Crippen LogP contribution in [0.2, 0.25) is 0 Å². The Morgan fingerprint density at radius 1 is 1.33 bits per heavy atom. The van der Waals surface area contributed by atoms with Gasteiger partial charge in [0, 0.05) is 5.56 Å². The largest absolute Gasteiger partial charge is 0.408 e. The van der Waals surface area contributed by atoms with Gasteiger partial charge in [-0.05, 0) is 12.5 Å². The van der Waals surface area contributed by atoms with E-state index >= 15 is 0 Å². The van der Waals surface area contributed by atoms with Gasteiger partial charge in [0.25, 0.3) is 0 Å². The van der Waals surface area contributed by atoms with Gasteiger partial charge < -0.3 is 5.73 Å². The van der Waals surface area contributed by atoms with Crippen LogP contribution in [-0.4, -0.2) is 18.6 Å². The summed E-state index contributed by atoms with van der Waals surface area (Å²) in [5.41, 5.74) is 6.80. The van der Waals surface area contributed by atoms with Gasteiger partial charge >= 0.3 is 6.18 Å². The first-order valence-corrected chi connectivity index (χ1v) is 4.33. The number of alkyl halides is 3. The van der Waals surface area contributed by atoms with E-state index < -0.39 is 12.7 Å². The minimum atomic E-state index is -4.31. The average Bonchev–Trinajstić information content (AvgIpc) is 2.14. The molecule has 2 N–H and O–H groups in total. The molecule has 1 rings (SSSR count). The summed E-state index contributed by atoms with van der Waals surface area (Å²) in [5.74, 6) is -0.0783. The SMILES string of the molecule is Cc1ccccc1C(N)=NCC(F)(F)F. The maximum Gasteiger partial charge on any atom is 0.408 e. The van der Waals surface area contributed by atoms with Crippen LogP contribution in [0.15, 0.2) is 29.3 Å². The first kappa shape index (κ1) is 11.6. The molecular weight excluding hydrogens is 205 g/mol. The van der Waals surface area contributed by atoms with E-state index in [1.165, 1.54) is 0 Å². The molecule has 0 amide bonds. The second kappa shape index (κ2) is 4.33. The lowest BCUT2D eigenvalue weighted by Crippen LogP contribution is -2.20. The van der Waals surface area contributed by atoms with E-state index in [0.29, 0.717) is 5.56 Å². The Kier molecular flexibility index (Phi) is 3.34. The van der Waals surface area contributed by atoms with Crippen LogP contribution in [0.1, 0.15) is 11.1 Å². The second-order valence-electron chi connectivity index (χ2n) is 3.13. The molecule has 0 saturated heterocycles. The first-order chi connectivity index (χ1) is 6.90. The van der Waals surface area contributed by atoms with Crippen molar-refractivity contribution in [1.29, 1.82) is 0 Å². The highest BCUT2D eigenvalue weighted by atomic mass is 19.4. The van der Waals surface area contributed by atoms with Crippen molar-refractivity contribution in [2.45, 2.75) is 13.1 Å². The highest BCUT2D eigenvalue weighted by molar-refractivity contribution is 5.98. The van der Waals surface area contributed by atoms with Gasteiger partial charge in [0.2, 0.25) is 0 Å². The molecule has 0 aliphatic rings. The van der Waals surface area contributed by atoms with Gasteiger partial charge in [-0.25, -0.2) is 0 Å². The molecule has 2 nitrogen and oxygen atoms in total. The number of rotatable bonds is 2. The number of benzene rings is 1. The van der Waals surface area contributed by atoms with Crippen molar-refractivity contribution in [1.82, 2.24) is 0 Å². The molecule has 15 heavy (non-hydrogen) atoms. The minimum absolute atomic E-state index is 0.0783. The maximum atomic E-state index is 11.9. The van der Waals surface area contributed by atoms with Crippen molar-refractivity contribution in [3.63, 3.8) is 0 Å². The summed E-state index contributed by atoms with van der Waals surface area (Å²) < 4.78 is 35.6. The molecule has 0 radical (unpaired) electrons. The molecule has 0 fully saturated rings. The van der Waals surface area contributed by atoms with Gasteiger partial charge in [-0.1, -0.05) is 24.3 Å². The summed E-state index contributed by atoms with van der Waals surface area (Å²) in [7, 11) is 0. The molecule has 0 spiro atoms. The van der Waals surface area contributed by atoms with E-state index in [1.807, 2.05) is 0 Å². The summed E-state index contributed by atoms with van der Waals surface area (Å²) in [5, 5.41) is 0. The van der Waals surface area contributed by atoms with E-state index in [-0.39, 0.29) is 5.84 Å². The number of amidine groups is 1. The van der Waals surface area contributed by atoms with Gasteiger partial charge in [0.05, 0.1) is 0 Å². The lowest BCUT2D eigenvalue weighted by Gasteiger charge is -2.06. The van der Waals surface area contributed by atoms with Crippen molar-refractivity contribution in [3.8, 4) is 0 Å². The van der Waals surface area contributed by atoms with Crippen LogP contribution in [0.25, 0.3) is 0 Å². The Bertz CT molecular complexity index is 369.